The van der Waals surface area contributed by atoms with Crippen LogP contribution in [0.1, 0.15) is 48.7 Å². The number of nitrogens with zero attached hydrogens (tertiary/aromatic N) is 3. The number of anilines is 2. The number of furan rings is 1. The number of aryl methyl sites for hydroxylation is 2. The van der Waals surface area contributed by atoms with Crippen LogP contribution in [0.3, 0.4) is 0 Å². The van der Waals surface area contributed by atoms with Crippen molar-refractivity contribution in [1.29, 1.82) is 0 Å². The van der Waals surface area contributed by atoms with Gasteiger partial charge >= 0.3 is 0 Å². The van der Waals surface area contributed by atoms with Crippen molar-refractivity contribution < 1.29 is 22.8 Å². The molecule has 2 N–H and O–H groups in total. The largest absolute Gasteiger partial charge is 0.466 e. The number of aromatic nitrogens is 3. The van der Waals surface area contributed by atoms with E-state index >= 15 is 0 Å². The van der Waals surface area contributed by atoms with Gasteiger partial charge in [-0.05, 0) is 39.8 Å². The second-order valence-corrected chi connectivity index (χ2v) is 8.25. The molecule has 0 radical (unpaired) electrons. The molecule has 0 aliphatic heterocycles. The molecule has 3 aromatic heterocycles. The van der Waals surface area contributed by atoms with Gasteiger partial charge in [0.1, 0.15) is 11.5 Å². The van der Waals surface area contributed by atoms with E-state index in [1.54, 1.807) is 17.7 Å². The summed E-state index contributed by atoms with van der Waals surface area (Å²) in [5.41, 5.74) is 1.78. The fourth-order valence-electron chi connectivity index (χ4n) is 3.74. The quantitative estimate of drug-likeness (QED) is 0.410. The van der Waals surface area contributed by atoms with Crippen LogP contribution in [0.5, 0.6) is 0 Å². The van der Waals surface area contributed by atoms with Crippen molar-refractivity contribution in [3.63, 3.8) is 0 Å². The van der Waals surface area contributed by atoms with E-state index < -0.39 is 23.4 Å². The van der Waals surface area contributed by atoms with Crippen LogP contribution >= 0.6 is 0 Å². The van der Waals surface area contributed by atoms with Crippen molar-refractivity contribution in [2.24, 2.45) is 0 Å². The fraction of sp³-hybridized carbons (Fsp3) is 0.250. The molecule has 0 fully saturated rings. The van der Waals surface area contributed by atoms with Crippen LogP contribution in [0.4, 0.5) is 20.2 Å². The molecular weight excluding hydrogens is 444 g/mol. The average molecular weight is 467 g/mol. The van der Waals surface area contributed by atoms with Crippen molar-refractivity contribution in [3.8, 4) is 11.3 Å². The average Bonchev–Trinajstić information content (AvgIpc) is 3.33. The van der Waals surface area contributed by atoms with Gasteiger partial charge in [-0.25, -0.2) is 18.4 Å². The molecule has 34 heavy (non-hydrogen) atoms. The van der Waals surface area contributed by atoms with E-state index in [1.165, 1.54) is 13.1 Å². The third-order valence-corrected chi connectivity index (χ3v) is 5.24. The van der Waals surface area contributed by atoms with E-state index in [4.69, 9.17) is 9.40 Å². The normalized spacial score (nSPS) is 11.3. The van der Waals surface area contributed by atoms with Crippen LogP contribution in [0.15, 0.2) is 34.9 Å². The van der Waals surface area contributed by atoms with E-state index in [2.05, 4.69) is 15.7 Å². The Morgan fingerprint density at radius 1 is 1.03 bits per heavy atom. The predicted molar refractivity (Wildman–Crippen MR) is 124 cm³/mol. The molecule has 0 aliphatic rings. The fourth-order valence-corrected chi connectivity index (χ4v) is 3.74. The van der Waals surface area contributed by atoms with E-state index in [9.17, 15) is 18.4 Å². The minimum atomic E-state index is -1.16. The lowest BCUT2D eigenvalue weighted by Crippen LogP contribution is -2.16. The lowest BCUT2D eigenvalue weighted by atomic mass is 10.1. The topological polar surface area (TPSA) is 102 Å². The summed E-state index contributed by atoms with van der Waals surface area (Å²) in [5.74, 6) is -2.09. The van der Waals surface area contributed by atoms with E-state index in [-0.39, 0.29) is 23.0 Å². The second-order valence-electron chi connectivity index (χ2n) is 8.25. The van der Waals surface area contributed by atoms with Gasteiger partial charge in [-0.1, -0.05) is 0 Å². The van der Waals surface area contributed by atoms with Gasteiger partial charge in [0.05, 0.1) is 34.2 Å². The highest BCUT2D eigenvalue weighted by Crippen LogP contribution is 2.31. The number of halogens is 2. The molecule has 0 saturated carbocycles. The first-order chi connectivity index (χ1) is 16.0. The van der Waals surface area contributed by atoms with Gasteiger partial charge in [0, 0.05) is 30.7 Å². The van der Waals surface area contributed by atoms with Crippen molar-refractivity contribution in [1.82, 2.24) is 14.8 Å². The lowest BCUT2D eigenvalue weighted by molar-refractivity contribution is -0.114. The van der Waals surface area contributed by atoms with E-state index in [0.717, 1.165) is 17.7 Å². The Balaban J connectivity index is 1.86. The van der Waals surface area contributed by atoms with Gasteiger partial charge in [0.25, 0.3) is 5.91 Å². The Labute approximate surface area is 194 Å². The van der Waals surface area contributed by atoms with E-state index in [1.807, 2.05) is 26.8 Å². The van der Waals surface area contributed by atoms with Crippen molar-refractivity contribution >= 4 is 34.2 Å². The number of hydrogen-bond donors (Lipinski definition) is 2. The molecule has 8 nitrogen and oxygen atoms in total. The number of nitrogens with one attached hydrogen (secondary N) is 2. The molecule has 0 saturated heterocycles. The van der Waals surface area contributed by atoms with Gasteiger partial charge in [0.2, 0.25) is 5.91 Å². The zero-order valence-electron chi connectivity index (χ0n) is 19.3. The number of pyridine rings is 1. The summed E-state index contributed by atoms with van der Waals surface area (Å²) in [4.78, 5) is 29.6. The van der Waals surface area contributed by atoms with Crippen molar-refractivity contribution in [2.45, 2.75) is 40.7 Å². The lowest BCUT2D eigenvalue weighted by Gasteiger charge is -2.14. The van der Waals surface area contributed by atoms with Gasteiger partial charge in [-0.15, -0.1) is 0 Å². The van der Waals surface area contributed by atoms with Crippen LogP contribution < -0.4 is 10.6 Å². The molecule has 0 unspecified atom stereocenters. The molecule has 4 rings (SSSR count). The third-order valence-electron chi connectivity index (χ3n) is 5.24. The Morgan fingerprint density at radius 2 is 1.68 bits per heavy atom. The minimum absolute atomic E-state index is 0.0269. The summed E-state index contributed by atoms with van der Waals surface area (Å²) in [6, 6.07) is 5.03. The molecule has 176 valence electrons. The van der Waals surface area contributed by atoms with E-state index in [0.29, 0.717) is 28.2 Å². The number of fused-ring (bicyclic) bond motifs is 1. The third kappa shape index (κ3) is 4.26. The monoisotopic (exact) mass is 467 g/mol. The summed E-state index contributed by atoms with van der Waals surface area (Å²) in [5, 5.41) is 9.84. The molecule has 4 aromatic rings. The van der Waals surface area contributed by atoms with Gasteiger partial charge in [-0.2, -0.15) is 5.10 Å². The number of benzene rings is 1. The number of carbonyl (C=O) groups is 2. The number of carbonyl (C=O) groups excluding carboxylic acids is 2. The highest BCUT2D eigenvalue weighted by Gasteiger charge is 2.22. The Kier molecular flexibility index (Phi) is 5.90. The maximum absolute atomic E-state index is 14.0. The number of hydrogen-bond acceptors (Lipinski definition) is 5. The maximum atomic E-state index is 14.0. The zero-order valence-corrected chi connectivity index (χ0v) is 19.3. The standard InChI is InChI=1S/C24H23F2N5O3/c1-11(2)31-23-17(10-27-31)16(7-20(29-23)15-6-12(3)34-13(15)4)24(33)30-22-9-19(26)18(25)8-21(22)28-14(5)32/h6-11H,1-5H3,(H,28,32)(H,30,33). The minimum Gasteiger partial charge on any atom is -0.466 e. The Bertz CT molecular complexity index is 1440. The first kappa shape index (κ1) is 23.1. The summed E-state index contributed by atoms with van der Waals surface area (Å²) >= 11 is 0. The predicted octanol–water partition coefficient (Wildman–Crippen LogP) is 5.38. The first-order valence-electron chi connectivity index (χ1n) is 10.6. The molecule has 0 aliphatic carbocycles. The zero-order chi connectivity index (χ0) is 24.7. The van der Waals surface area contributed by atoms with Crippen LogP contribution in [-0.2, 0) is 4.79 Å². The van der Waals surface area contributed by atoms with Crippen LogP contribution in [0, 0.1) is 25.5 Å². The molecule has 0 bridgehead atoms. The van der Waals surface area contributed by atoms with Crippen LogP contribution in [-0.4, -0.2) is 26.6 Å². The molecule has 1 aromatic carbocycles. The summed E-state index contributed by atoms with van der Waals surface area (Å²) in [6.07, 6.45) is 1.54. The molecular formula is C24H23F2N5O3. The maximum Gasteiger partial charge on any atom is 0.256 e. The summed E-state index contributed by atoms with van der Waals surface area (Å²) in [7, 11) is 0. The highest BCUT2D eigenvalue weighted by molar-refractivity contribution is 6.14. The first-order valence-corrected chi connectivity index (χ1v) is 10.6. The summed E-state index contributed by atoms with van der Waals surface area (Å²) < 4.78 is 35.0. The Morgan fingerprint density at radius 3 is 2.24 bits per heavy atom. The molecule has 0 spiro atoms. The van der Waals surface area contributed by atoms with Gasteiger partial charge < -0.3 is 15.1 Å². The molecule has 2 amide bonds. The smallest absolute Gasteiger partial charge is 0.256 e. The summed E-state index contributed by atoms with van der Waals surface area (Å²) in [6.45, 7) is 8.72. The number of rotatable bonds is 5. The van der Waals surface area contributed by atoms with Crippen LogP contribution in [0.25, 0.3) is 22.3 Å². The highest BCUT2D eigenvalue weighted by atomic mass is 19.2. The van der Waals surface area contributed by atoms with Crippen LogP contribution in [0.2, 0.25) is 0 Å². The number of amides is 2. The Hall–Kier alpha value is -4.08. The molecule has 10 heteroatoms. The second kappa shape index (κ2) is 8.69. The van der Waals surface area contributed by atoms with Crippen molar-refractivity contribution in [2.75, 3.05) is 10.6 Å². The van der Waals surface area contributed by atoms with Crippen molar-refractivity contribution in [3.05, 3.63) is 59.2 Å². The SMILES string of the molecule is CC(=O)Nc1cc(F)c(F)cc1NC(=O)c1cc(-c2cc(C)oc2C)nc2c1cnn2C(C)C. The molecule has 0 atom stereocenters. The molecule has 3 heterocycles. The van der Waals surface area contributed by atoms with Gasteiger partial charge in [-0.3, -0.25) is 9.59 Å². The van der Waals surface area contributed by atoms with Gasteiger partial charge in [0.15, 0.2) is 17.3 Å².